The average molecular weight is 413 g/mol. The van der Waals surface area contributed by atoms with Crippen molar-refractivity contribution in [1.29, 1.82) is 0 Å². The normalized spacial score (nSPS) is 18.4. The van der Waals surface area contributed by atoms with Crippen molar-refractivity contribution in [2.45, 2.75) is 17.9 Å². The number of carbonyl (C=O) groups is 1. The molecule has 4 rings (SSSR count). The van der Waals surface area contributed by atoms with Crippen LogP contribution >= 0.6 is 23.1 Å². The van der Waals surface area contributed by atoms with Crippen molar-refractivity contribution in [1.82, 2.24) is 4.98 Å². The molecule has 2 N–H and O–H groups in total. The first-order chi connectivity index (χ1) is 13.5. The number of benzene rings is 2. The number of nitrogens with one attached hydrogen (secondary N) is 2. The number of hydrogen-bond donors (Lipinski definition) is 2. The second-order valence-electron chi connectivity index (χ2n) is 6.73. The smallest absolute Gasteiger partial charge is 0.305 e. The van der Waals surface area contributed by atoms with Gasteiger partial charge in [0.15, 0.2) is 0 Å². The van der Waals surface area contributed by atoms with Gasteiger partial charge in [0.1, 0.15) is 5.75 Å². The van der Waals surface area contributed by atoms with Crippen LogP contribution in [0.5, 0.6) is 5.75 Å². The molecule has 144 valence electrons. The van der Waals surface area contributed by atoms with Crippen LogP contribution in [0.3, 0.4) is 0 Å². The molecule has 0 unspecified atom stereocenters. The van der Waals surface area contributed by atoms with Crippen LogP contribution < -0.4 is 14.9 Å². The fourth-order valence-electron chi connectivity index (χ4n) is 3.38. The number of rotatable bonds is 4. The van der Waals surface area contributed by atoms with E-state index >= 15 is 0 Å². The van der Waals surface area contributed by atoms with Gasteiger partial charge >= 0.3 is 4.87 Å². The van der Waals surface area contributed by atoms with Crippen LogP contribution in [0.1, 0.15) is 21.9 Å². The zero-order chi connectivity index (χ0) is 19.7. The van der Waals surface area contributed by atoms with E-state index in [0.717, 1.165) is 32.5 Å². The summed E-state index contributed by atoms with van der Waals surface area (Å²) >= 11 is 2.72. The van der Waals surface area contributed by atoms with E-state index in [9.17, 15) is 9.59 Å². The monoisotopic (exact) mass is 412 g/mol. The van der Waals surface area contributed by atoms with E-state index in [2.05, 4.69) is 10.3 Å². The zero-order valence-corrected chi connectivity index (χ0v) is 17.2. The molecule has 0 saturated carbocycles. The van der Waals surface area contributed by atoms with Gasteiger partial charge in [-0.3, -0.25) is 9.59 Å². The van der Waals surface area contributed by atoms with Gasteiger partial charge in [0.05, 0.1) is 18.1 Å². The zero-order valence-electron chi connectivity index (χ0n) is 15.5. The van der Waals surface area contributed by atoms with Crippen LogP contribution in [0.4, 0.5) is 5.69 Å². The number of aromatic amines is 1. The molecule has 0 spiro atoms. The Morgan fingerprint density at radius 1 is 1.14 bits per heavy atom. The second-order valence-corrected chi connectivity index (χ2v) is 8.78. The summed E-state index contributed by atoms with van der Waals surface area (Å²) in [5.41, 5.74) is 2.92. The molecule has 28 heavy (non-hydrogen) atoms. The minimum atomic E-state index is -0.279. The molecule has 5 nitrogen and oxygen atoms in total. The highest BCUT2D eigenvalue weighted by atomic mass is 32.2. The molecule has 3 aromatic rings. The van der Waals surface area contributed by atoms with Crippen molar-refractivity contribution < 1.29 is 9.53 Å². The van der Waals surface area contributed by atoms with Crippen LogP contribution in [0.25, 0.3) is 0 Å². The van der Waals surface area contributed by atoms with E-state index in [4.69, 9.17) is 4.74 Å². The highest BCUT2D eigenvalue weighted by Gasteiger charge is 2.38. The molecule has 2 heterocycles. The fraction of sp³-hybridized carbons (Fsp3) is 0.238. The Bertz CT molecular complexity index is 1040. The van der Waals surface area contributed by atoms with Crippen molar-refractivity contribution in [3.63, 3.8) is 0 Å². The molecular formula is C21H20N2O3S2. The van der Waals surface area contributed by atoms with E-state index in [-0.39, 0.29) is 22.6 Å². The quantitative estimate of drug-likeness (QED) is 0.672. The Morgan fingerprint density at radius 2 is 1.86 bits per heavy atom. The van der Waals surface area contributed by atoms with Gasteiger partial charge in [-0.1, -0.05) is 41.2 Å². The molecule has 1 aliphatic rings. The lowest BCUT2D eigenvalue weighted by molar-refractivity contribution is -0.119. The van der Waals surface area contributed by atoms with Gasteiger partial charge in [-0.2, -0.15) is 0 Å². The topological polar surface area (TPSA) is 71.2 Å². The van der Waals surface area contributed by atoms with Gasteiger partial charge < -0.3 is 15.0 Å². The van der Waals surface area contributed by atoms with Gasteiger partial charge in [-0.05, 0) is 36.8 Å². The molecule has 0 radical (unpaired) electrons. The van der Waals surface area contributed by atoms with Crippen molar-refractivity contribution in [2.24, 2.45) is 5.92 Å². The summed E-state index contributed by atoms with van der Waals surface area (Å²) in [6.45, 7) is 2.01. The third-order valence-corrected chi connectivity index (χ3v) is 7.10. The first-order valence-electron chi connectivity index (χ1n) is 8.92. The Balaban J connectivity index is 1.68. The van der Waals surface area contributed by atoms with Gasteiger partial charge in [0, 0.05) is 22.2 Å². The first kappa shape index (κ1) is 18.8. The molecule has 2 atom stereocenters. The van der Waals surface area contributed by atoms with E-state index in [1.807, 2.05) is 55.5 Å². The lowest BCUT2D eigenvalue weighted by atomic mass is 9.85. The maximum Gasteiger partial charge on any atom is 0.305 e. The number of amides is 1. The molecule has 0 aliphatic carbocycles. The number of hydrogen-bond acceptors (Lipinski definition) is 5. The molecule has 1 amide bonds. The summed E-state index contributed by atoms with van der Waals surface area (Å²) in [6.07, 6.45) is 0. The van der Waals surface area contributed by atoms with Crippen LogP contribution in [-0.2, 0) is 4.79 Å². The minimum absolute atomic E-state index is 0.0383. The largest absolute Gasteiger partial charge is 0.497 e. The lowest BCUT2D eigenvalue weighted by Gasteiger charge is -2.30. The highest BCUT2D eigenvalue weighted by Crippen LogP contribution is 2.45. The molecule has 1 aromatic heterocycles. The number of carbonyl (C=O) groups excluding carboxylic acids is 1. The van der Waals surface area contributed by atoms with Crippen molar-refractivity contribution >= 4 is 34.7 Å². The SMILES string of the molecule is COc1ccc([C@H]2c3sc(=O)[nH]c3SC[C@@H]2C(=O)Nc2ccc(C)cc2)cc1. The van der Waals surface area contributed by atoms with Crippen molar-refractivity contribution in [3.8, 4) is 5.75 Å². The standard InChI is InChI=1S/C21H20N2O3S2/c1-12-3-7-14(8-4-12)22-19(24)16-11-27-20-18(28-21(25)23-20)17(16)13-5-9-15(26-2)10-6-13/h3-10,16-17H,11H2,1-2H3,(H,22,24)(H,23,25)/t16-,17+/m0/s1. The van der Waals surface area contributed by atoms with Gasteiger partial charge in [0.2, 0.25) is 5.91 Å². The van der Waals surface area contributed by atoms with E-state index in [1.54, 1.807) is 7.11 Å². The van der Waals surface area contributed by atoms with Crippen LogP contribution in [-0.4, -0.2) is 23.8 Å². The predicted octanol–water partition coefficient (Wildman–Crippen LogP) is 4.25. The number of aromatic nitrogens is 1. The molecule has 7 heteroatoms. The Kier molecular flexibility index (Phi) is 5.28. The van der Waals surface area contributed by atoms with Crippen molar-refractivity contribution in [3.05, 3.63) is 74.2 Å². The minimum Gasteiger partial charge on any atom is -0.497 e. The number of methoxy groups -OCH3 is 1. The maximum absolute atomic E-state index is 13.1. The number of H-pyrrole nitrogens is 1. The van der Waals surface area contributed by atoms with Gasteiger partial charge in [-0.25, -0.2) is 0 Å². The Hall–Kier alpha value is -2.51. The number of ether oxygens (including phenoxy) is 1. The molecule has 2 aromatic carbocycles. The first-order valence-corrected chi connectivity index (χ1v) is 10.7. The molecule has 1 aliphatic heterocycles. The summed E-state index contributed by atoms with van der Waals surface area (Å²) in [5, 5.41) is 3.91. The number of aryl methyl sites for hydroxylation is 1. The molecule has 0 fully saturated rings. The highest BCUT2D eigenvalue weighted by molar-refractivity contribution is 7.99. The van der Waals surface area contributed by atoms with Gasteiger partial charge in [0.25, 0.3) is 0 Å². The number of thiazole rings is 1. The molecule has 0 bridgehead atoms. The lowest BCUT2D eigenvalue weighted by Crippen LogP contribution is -2.32. The van der Waals surface area contributed by atoms with Crippen LogP contribution in [0.15, 0.2) is 58.4 Å². The number of thioether (sulfide) groups is 1. The van der Waals surface area contributed by atoms with E-state index < -0.39 is 0 Å². The maximum atomic E-state index is 13.1. The predicted molar refractivity (Wildman–Crippen MR) is 114 cm³/mol. The van der Waals surface area contributed by atoms with Crippen molar-refractivity contribution in [2.75, 3.05) is 18.2 Å². The fourth-order valence-corrected chi connectivity index (χ4v) is 5.80. The third kappa shape index (κ3) is 3.72. The van der Waals surface area contributed by atoms with Gasteiger partial charge in [-0.15, -0.1) is 11.8 Å². The van der Waals surface area contributed by atoms with E-state index in [1.165, 1.54) is 23.1 Å². The summed E-state index contributed by atoms with van der Waals surface area (Å²) in [6, 6.07) is 15.5. The summed E-state index contributed by atoms with van der Waals surface area (Å²) in [7, 11) is 1.63. The molecular weight excluding hydrogens is 392 g/mol. The van der Waals surface area contributed by atoms with E-state index in [0.29, 0.717) is 5.75 Å². The van der Waals surface area contributed by atoms with Crippen LogP contribution in [0, 0.1) is 12.8 Å². The average Bonchev–Trinajstić information content (AvgIpc) is 3.09. The summed E-state index contributed by atoms with van der Waals surface area (Å²) < 4.78 is 5.26. The Labute approximate surface area is 171 Å². The number of fused-ring (bicyclic) bond motifs is 1. The summed E-state index contributed by atoms with van der Waals surface area (Å²) in [4.78, 5) is 28.8. The molecule has 0 saturated heterocycles. The van der Waals surface area contributed by atoms with Crippen LogP contribution in [0.2, 0.25) is 0 Å². The number of anilines is 1. The Morgan fingerprint density at radius 3 is 2.54 bits per heavy atom. The second kappa shape index (κ2) is 7.85. The third-order valence-electron chi connectivity index (χ3n) is 4.86. The summed E-state index contributed by atoms with van der Waals surface area (Å²) in [5.74, 6) is 0.879.